The van der Waals surface area contributed by atoms with Crippen LogP contribution < -0.4 is 0 Å². The molecule has 3 N–H and O–H groups in total. The van der Waals surface area contributed by atoms with E-state index in [4.69, 9.17) is 47.4 Å². The molecule has 6 heterocycles. The molecular formula is C50H74O14. The third kappa shape index (κ3) is 9.82. The number of carbonyl (C=O) groups is 1. The minimum absolute atomic E-state index is 0.0242. The van der Waals surface area contributed by atoms with Crippen LogP contribution in [0.5, 0.6) is 0 Å². The Labute approximate surface area is 379 Å². The maximum Gasteiger partial charge on any atom is 0.316 e. The van der Waals surface area contributed by atoms with Gasteiger partial charge in [-0.3, -0.25) is 4.79 Å². The predicted molar refractivity (Wildman–Crippen MR) is 234 cm³/mol. The number of fused-ring (bicyclic) bond motifs is 2. The van der Waals surface area contributed by atoms with Gasteiger partial charge < -0.3 is 62.7 Å². The van der Waals surface area contributed by atoms with Gasteiger partial charge in [0.15, 0.2) is 18.4 Å². The van der Waals surface area contributed by atoms with Crippen molar-refractivity contribution in [3.8, 4) is 0 Å². The summed E-state index contributed by atoms with van der Waals surface area (Å²) in [5.41, 5.74) is 0.166. The normalized spacial score (nSPS) is 47.1. The van der Waals surface area contributed by atoms with Crippen LogP contribution in [-0.4, -0.2) is 139 Å². The Bertz CT molecular complexity index is 1790. The van der Waals surface area contributed by atoms with E-state index in [1.807, 2.05) is 25.2 Å². The smallest absolute Gasteiger partial charge is 0.316 e. The molecule has 2 bridgehead atoms. The van der Waals surface area contributed by atoms with E-state index in [-0.39, 0.29) is 36.8 Å². The Morgan fingerprint density at radius 1 is 0.812 bits per heavy atom. The summed E-state index contributed by atoms with van der Waals surface area (Å²) in [5, 5.41) is 34.3. The fourth-order valence-electron chi connectivity index (χ4n) is 11.7. The summed E-state index contributed by atoms with van der Waals surface area (Å²) in [6, 6.07) is 0. The van der Waals surface area contributed by atoms with E-state index >= 15 is 0 Å². The zero-order valence-corrected chi connectivity index (χ0v) is 39.0. The van der Waals surface area contributed by atoms with Crippen LogP contribution in [0.25, 0.3) is 0 Å². The number of hydrogen-bond donors (Lipinski definition) is 3. The fourth-order valence-corrected chi connectivity index (χ4v) is 11.7. The molecule has 14 heteroatoms. The minimum atomic E-state index is -1.83. The highest BCUT2D eigenvalue weighted by molar-refractivity contribution is 5.78. The summed E-state index contributed by atoms with van der Waals surface area (Å²) in [7, 11) is 3.23. The first kappa shape index (κ1) is 48.2. The lowest BCUT2D eigenvalue weighted by Crippen LogP contribution is -2.58. The van der Waals surface area contributed by atoms with Gasteiger partial charge in [-0.05, 0) is 75.7 Å². The van der Waals surface area contributed by atoms with Crippen molar-refractivity contribution in [3.05, 3.63) is 59.3 Å². The highest BCUT2D eigenvalue weighted by Gasteiger charge is 2.60. The molecule has 4 saturated heterocycles. The van der Waals surface area contributed by atoms with Crippen LogP contribution in [-0.2, 0) is 52.2 Å². The first-order chi connectivity index (χ1) is 30.6. The van der Waals surface area contributed by atoms with Gasteiger partial charge in [-0.25, -0.2) is 0 Å². The van der Waals surface area contributed by atoms with Gasteiger partial charge in [0, 0.05) is 51.7 Å². The van der Waals surface area contributed by atoms with Crippen LogP contribution in [0.1, 0.15) is 106 Å². The van der Waals surface area contributed by atoms with Crippen molar-refractivity contribution < 1.29 is 67.5 Å². The molecule has 5 fully saturated rings. The van der Waals surface area contributed by atoms with E-state index in [0.29, 0.717) is 49.2 Å². The molecule has 1 saturated carbocycles. The molecule has 1 unspecified atom stereocenters. The molecule has 6 aliphatic heterocycles. The monoisotopic (exact) mass is 899 g/mol. The van der Waals surface area contributed by atoms with Gasteiger partial charge in [-0.2, -0.15) is 0 Å². The molecule has 0 aromatic carbocycles. The average Bonchev–Trinajstić information content (AvgIpc) is 3.62. The van der Waals surface area contributed by atoms with Crippen molar-refractivity contribution in [1.82, 2.24) is 0 Å². The number of rotatable bonds is 7. The third-order valence-electron chi connectivity index (χ3n) is 15.4. The van der Waals surface area contributed by atoms with Crippen molar-refractivity contribution in [1.29, 1.82) is 0 Å². The minimum Gasteiger partial charge on any atom is -0.462 e. The van der Waals surface area contributed by atoms with Gasteiger partial charge >= 0.3 is 5.97 Å². The third-order valence-corrected chi connectivity index (χ3v) is 15.4. The second kappa shape index (κ2) is 20.1. The van der Waals surface area contributed by atoms with Gasteiger partial charge in [0.1, 0.15) is 42.0 Å². The van der Waals surface area contributed by atoms with Crippen LogP contribution in [0.4, 0.5) is 0 Å². The van der Waals surface area contributed by atoms with E-state index in [1.165, 1.54) is 19.3 Å². The number of hydrogen-bond acceptors (Lipinski definition) is 14. The molecule has 1 spiro atoms. The number of ether oxygens (including phenoxy) is 10. The second-order valence-corrected chi connectivity index (χ2v) is 20.0. The number of aliphatic hydroxyl groups excluding tert-OH is 2. The summed E-state index contributed by atoms with van der Waals surface area (Å²) >= 11 is 0. The Balaban J connectivity index is 1.08. The van der Waals surface area contributed by atoms with E-state index in [1.54, 1.807) is 40.2 Å². The zero-order valence-electron chi connectivity index (χ0n) is 39.0. The van der Waals surface area contributed by atoms with Gasteiger partial charge in [0.25, 0.3) is 0 Å². The molecular weight excluding hydrogens is 825 g/mol. The highest BCUT2D eigenvalue weighted by Crippen LogP contribution is 2.48. The quantitative estimate of drug-likeness (QED) is 0.204. The fraction of sp³-hybridized carbons (Fsp3) is 0.780. The summed E-state index contributed by atoms with van der Waals surface area (Å²) in [5.74, 6) is -2.32. The number of aliphatic hydroxyl groups is 3. The summed E-state index contributed by atoms with van der Waals surface area (Å²) < 4.78 is 64.1. The zero-order chi connectivity index (χ0) is 45.5. The standard InChI is InChI=1S/C50H74O14/c1-27-13-12-16-34-26-57-47-42(51)30(4)21-37(50(34,47)54)48(53)60-36-22-35(63-49(25-36)20-19-29(3)45(64-49)33-14-10-9-11-15-33)18-17-28(2)44(27)61-41-24-39(56-8)46(32(6)59-41)62-40-23-38(55-7)43(52)31(5)58-40/h12-13,16-17,19-21,27,29,31-33,35-47,51-52,54H,9-11,14-15,18,22-26H2,1-8H3/t27-,29?,31-,32-,35+,36-,37-,38-,39-,40-,41-,42+,43-,44-,45-,46-,47+,49+,50+/m0/s1. The molecule has 0 aromatic heterocycles. The molecule has 2 aliphatic carbocycles. The topological polar surface area (TPSA) is 170 Å². The number of carbonyl (C=O) groups excluding carboxylic acids is 1. The first-order valence-electron chi connectivity index (χ1n) is 24.0. The van der Waals surface area contributed by atoms with E-state index in [2.05, 4.69) is 32.9 Å². The molecule has 0 amide bonds. The lowest BCUT2D eigenvalue weighted by atomic mass is 9.71. The van der Waals surface area contributed by atoms with Crippen LogP contribution in [0.3, 0.4) is 0 Å². The first-order valence-corrected chi connectivity index (χ1v) is 24.0. The molecule has 358 valence electrons. The van der Waals surface area contributed by atoms with Crippen molar-refractivity contribution in [2.75, 3.05) is 20.8 Å². The maximum absolute atomic E-state index is 14.4. The summed E-state index contributed by atoms with van der Waals surface area (Å²) in [6.45, 7) is 11.9. The lowest BCUT2D eigenvalue weighted by molar-refractivity contribution is -0.318. The Morgan fingerprint density at radius 2 is 1.53 bits per heavy atom. The number of esters is 1. The molecule has 8 aliphatic rings. The molecule has 64 heavy (non-hydrogen) atoms. The van der Waals surface area contributed by atoms with E-state index in [0.717, 1.165) is 18.4 Å². The molecule has 8 rings (SSSR count). The molecule has 14 nitrogen and oxygen atoms in total. The van der Waals surface area contributed by atoms with Crippen molar-refractivity contribution in [2.24, 2.45) is 23.7 Å². The molecule has 0 radical (unpaired) electrons. The summed E-state index contributed by atoms with van der Waals surface area (Å²) in [6.07, 6.45) is 13.8. The van der Waals surface area contributed by atoms with E-state index in [9.17, 15) is 20.1 Å². The van der Waals surface area contributed by atoms with Crippen LogP contribution in [0, 0.1) is 23.7 Å². The van der Waals surface area contributed by atoms with Gasteiger partial charge in [-0.15, -0.1) is 0 Å². The van der Waals surface area contributed by atoms with Crippen molar-refractivity contribution >= 4 is 5.97 Å². The highest BCUT2D eigenvalue weighted by atomic mass is 16.7. The summed E-state index contributed by atoms with van der Waals surface area (Å²) in [4.78, 5) is 14.4. The Hall–Kier alpha value is -2.31. The average molecular weight is 899 g/mol. The van der Waals surface area contributed by atoms with Crippen LogP contribution in [0.15, 0.2) is 59.3 Å². The maximum atomic E-state index is 14.4. The number of methoxy groups -OCH3 is 2. The van der Waals surface area contributed by atoms with Crippen molar-refractivity contribution in [3.63, 3.8) is 0 Å². The molecule has 0 aromatic rings. The van der Waals surface area contributed by atoms with Gasteiger partial charge in [0.2, 0.25) is 0 Å². The van der Waals surface area contributed by atoms with Gasteiger partial charge in [0.05, 0.1) is 49.3 Å². The second-order valence-electron chi connectivity index (χ2n) is 20.0. The molecule has 19 atom stereocenters. The van der Waals surface area contributed by atoms with Crippen molar-refractivity contribution in [2.45, 2.75) is 203 Å². The van der Waals surface area contributed by atoms with Crippen LogP contribution in [0.2, 0.25) is 0 Å². The van der Waals surface area contributed by atoms with Crippen LogP contribution >= 0.6 is 0 Å². The largest absolute Gasteiger partial charge is 0.462 e. The number of allylic oxidation sites excluding steroid dienone is 2. The Kier molecular flexibility index (Phi) is 15.1. The Morgan fingerprint density at radius 3 is 2.28 bits per heavy atom. The SMILES string of the molecule is CO[C@H]1C[C@H](O[C@H]2[C@H](C)O[C@@H](O[C@@H]3C(C)=CC[C@@H]4C[C@@H](C[C@]5(C=CC(C)[C@@H](C6CCCCC6)O5)O4)OC(=O)[C@@H]4C=C(C)[C@@H](O)[C@H]5OCC(=CC=C[C@@H]3C)[C@]54O)C[C@@H]2OC)O[C@@H](C)[C@@H]1O. The predicted octanol–water partition coefficient (Wildman–Crippen LogP) is 5.91. The van der Waals surface area contributed by atoms with Gasteiger partial charge in [-0.1, -0.05) is 69.6 Å². The van der Waals surface area contributed by atoms with E-state index < -0.39 is 90.8 Å². The lowest BCUT2D eigenvalue weighted by Gasteiger charge is -2.49.